The van der Waals surface area contributed by atoms with Gasteiger partial charge in [0.2, 0.25) is 0 Å². The van der Waals surface area contributed by atoms with Crippen LogP contribution in [0.4, 0.5) is 0 Å². The molecular weight excluding hydrogens is 404 g/mol. The smallest absolute Gasteiger partial charge is 0.101 e. The van der Waals surface area contributed by atoms with E-state index >= 15 is 0 Å². The van der Waals surface area contributed by atoms with Crippen LogP contribution >= 0.6 is 0 Å². The molecule has 5 rings (SSSR count). The predicted molar refractivity (Wildman–Crippen MR) is 123 cm³/mol. The molecule has 0 aromatic carbocycles. The molecule has 9 atom stereocenters. The minimum atomic E-state index is -1.02. The number of fused-ring (bicyclic) bond motifs is 5. The summed E-state index contributed by atoms with van der Waals surface area (Å²) >= 11 is 0. The van der Waals surface area contributed by atoms with E-state index in [9.17, 15) is 10.2 Å². The lowest BCUT2D eigenvalue weighted by Crippen LogP contribution is -2.64. The van der Waals surface area contributed by atoms with Gasteiger partial charge in [-0.2, -0.15) is 0 Å². The van der Waals surface area contributed by atoms with Gasteiger partial charge in [0, 0.05) is 23.6 Å². The first-order chi connectivity index (χ1) is 15.2. The summed E-state index contributed by atoms with van der Waals surface area (Å²) < 4.78 is 11.5. The summed E-state index contributed by atoms with van der Waals surface area (Å²) in [6, 6.07) is 1.79. The van der Waals surface area contributed by atoms with Gasteiger partial charge >= 0.3 is 0 Å². The fourth-order valence-electron chi connectivity index (χ4n) is 8.65. The third-order valence-corrected chi connectivity index (χ3v) is 10.8. The highest BCUT2D eigenvalue weighted by Crippen LogP contribution is 2.71. The first kappa shape index (κ1) is 22.9. The minimum Gasteiger partial charge on any atom is -0.472 e. The topological polar surface area (TPSA) is 115 Å². The molecule has 0 amide bonds. The van der Waals surface area contributed by atoms with E-state index in [1.54, 1.807) is 12.5 Å². The molecule has 0 bridgehead atoms. The molecule has 1 aromatic rings. The number of rotatable bonds is 5. The first-order valence-electron chi connectivity index (χ1n) is 12.7. The lowest BCUT2D eigenvalue weighted by Gasteiger charge is -2.64. The summed E-state index contributed by atoms with van der Waals surface area (Å²) in [7, 11) is 0. The van der Waals surface area contributed by atoms with Crippen LogP contribution in [0.3, 0.4) is 0 Å². The fourth-order valence-corrected chi connectivity index (χ4v) is 8.65. The van der Waals surface area contributed by atoms with E-state index in [1.807, 2.05) is 6.07 Å². The third kappa shape index (κ3) is 3.02. The maximum absolute atomic E-state index is 12.3. The van der Waals surface area contributed by atoms with Crippen molar-refractivity contribution in [1.82, 2.24) is 0 Å². The molecule has 4 aliphatic rings. The summed E-state index contributed by atoms with van der Waals surface area (Å²) in [6.07, 6.45) is 12.2. The Morgan fingerprint density at radius 2 is 1.91 bits per heavy atom. The first-order valence-corrected chi connectivity index (χ1v) is 12.7. The van der Waals surface area contributed by atoms with Crippen molar-refractivity contribution in [1.29, 1.82) is 0 Å². The Kier molecular flexibility index (Phi) is 5.58. The normalized spacial score (nSPS) is 49.2. The van der Waals surface area contributed by atoms with Crippen LogP contribution in [0.5, 0.6) is 0 Å². The van der Waals surface area contributed by atoms with Crippen LogP contribution in [0.25, 0.3) is 0 Å². The summed E-state index contributed by atoms with van der Waals surface area (Å²) in [4.78, 5) is 0. The van der Waals surface area contributed by atoms with Gasteiger partial charge in [-0.3, -0.25) is 0 Å². The van der Waals surface area contributed by atoms with E-state index in [-0.39, 0.29) is 23.5 Å². The van der Waals surface area contributed by atoms with E-state index in [4.69, 9.17) is 20.6 Å². The summed E-state index contributed by atoms with van der Waals surface area (Å²) in [5.74, 6) is 1.36. The van der Waals surface area contributed by atoms with Crippen LogP contribution in [-0.4, -0.2) is 41.1 Å². The van der Waals surface area contributed by atoms with Crippen molar-refractivity contribution in [2.45, 2.75) is 95.0 Å². The fraction of sp³-hybridized carbons (Fsp3) is 0.846. The van der Waals surface area contributed by atoms with Crippen LogP contribution in [-0.2, 0) is 10.3 Å². The number of hydrogen-bond acceptors (Lipinski definition) is 6. The van der Waals surface area contributed by atoms with Crippen molar-refractivity contribution < 1.29 is 19.4 Å². The Morgan fingerprint density at radius 3 is 2.62 bits per heavy atom. The molecule has 4 fully saturated rings. The standard InChI is InChI=1S/C26H42N2O4/c1-23-8-5-20(32-16-19(28)14-27)13-17(23)3-4-22-21(23)6-9-24(2)25(29,10-11-26(22,24)30)18-7-12-31-15-18/h7,12,15,17,19-22,29-30H,3-6,8-11,13-14,16,27-28H2,1-2H3/t17-,19?,20+,21+,22-,23+,24-,25-,26+/m1/s1. The van der Waals surface area contributed by atoms with Crippen molar-refractivity contribution in [3.8, 4) is 0 Å². The molecule has 0 saturated heterocycles. The van der Waals surface area contributed by atoms with Crippen LogP contribution in [0.1, 0.15) is 77.2 Å². The number of ether oxygens (including phenoxy) is 1. The average molecular weight is 447 g/mol. The molecule has 6 nitrogen and oxygen atoms in total. The summed E-state index contributed by atoms with van der Waals surface area (Å²) in [5, 5.41) is 24.1. The van der Waals surface area contributed by atoms with Crippen molar-refractivity contribution in [3.05, 3.63) is 24.2 Å². The average Bonchev–Trinajstić information content (AvgIpc) is 3.39. The molecule has 6 heteroatoms. The van der Waals surface area contributed by atoms with Gasteiger partial charge < -0.3 is 30.8 Å². The van der Waals surface area contributed by atoms with Gasteiger partial charge in [-0.15, -0.1) is 0 Å². The van der Waals surface area contributed by atoms with Crippen molar-refractivity contribution >= 4 is 0 Å². The van der Waals surface area contributed by atoms with E-state index in [1.165, 1.54) is 0 Å². The molecule has 0 spiro atoms. The lowest BCUT2D eigenvalue weighted by atomic mass is 9.43. The summed E-state index contributed by atoms with van der Waals surface area (Å²) in [6.45, 7) is 5.60. The monoisotopic (exact) mass is 446 g/mol. The minimum absolute atomic E-state index is 0.0827. The largest absolute Gasteiger partial charge is 0.472 e. The Labute approximate surface area is 192 Å². The van der Waals surface area contributed by atoms with E-state index in [0.29, 0.717) is 37.8 Å². The van der Waals surface area contributed by atoms with Crippen LogP contribution in [0.15, 0.2) is 23.0 Å². The predicted octanol–water partition coefficient (Wildman–Crippen LogP) is 3.30. The zero-order valence-electron chi connectivity index (χ0n) is 19.8. The molecule has 0 radical (unpaired) electrons. The van der Waals surface area contributed by atoms with E-state index in [2.05, 4.69) is 13.8 Å². The summed E-state index contributed by atoms with van der Waals surface area (Å²) in [5.41, 5.74) is 10.3. The third-order valence-electron chi connectivity index (χ3n) is 10.8. The Morgan fingerprint density at radius 1 is 1.09 bits per heavy atom. The number of furan rings is 1. The molecule has 4 saturated carbocycles. The number of hydrogen-bond donors (Lipinski definition) is 4. The molecule has 1 unspecified atom stereocenters. The Bertz CT molecular complexity index is 817. The lowest BCUT2D eigenvalue weighted by molar-refractivity contribution is -0.239. The van der Waals surface area contributed by atoms with E-state index < -0.39 is 16.6 Å². The maximum atomic E-state index is 12.3. The molecule has 180 valence electrons. The molecule has 0 aliphatic heterocycles. The van der Waals surface area contributed by atoms with Gasteiger partial charge in [0.1, 0.15) is 5.60 Å². The van der Waals surface area contributed by atoms with Crippen LogP contribution in [0.2, 0.25) is 0 Å². The maximum Gasteiger partial charge on any atom is 0.101 e. The van der Waals surface area contributed by atoms with Crippen LogP contribution in [0, 0.1) is 28.6 Å². The second-order valence-corrected chi connectivity index (χ2v) is 11.9. The van der Waals surface area contributed by atoms with Crippen LogP contribution < -0.4 is 11.5 Å². The molecule has 1 aromatic heterocycles. The Balaban J connectivity index is 1.36. The zero-order chi connectivity index (χ0) is 22.8. The number of aliphatic hydroxyl groups is 2. The van der Waals surface area contributed by atoms with E-state index in [0.717, 1.165) is 50.5 Å². The van der Waals surface area contributed by atoms with Gasteiger partial charge in [0.15, 0.2) is 0 Å². The highest BCUT2D eigenvalue weighted by molar-refractivity contribution is 5.30. The Hall–Kier alpha value is -0.920. The second-order valence-electron chi connectivity index (χ2n) is 11.9. The second kappa shape index (κ2) is 7.81. The molecule has 4 aliphatic carbocycles. The molecule has 6 N–H and O–H groups in total. The van der Waals surface area contributed by atoms with Gasteiger partial charge in [-0.05, 0) is 87.0 Å². The van der Waals surface area contributed by atoms with Gasteiger partial charge in [0.05, 0.1) is 30.8 Å². The van der Waals surface area contributed by atoms with Crippen molar-refractivity contribution in [3.63, 3.8) is 0 Å². The van der Waals surface area contributed by atoms with Gasteiger partial charge in [-0.1, -0.05) is 13.8 Å². The molecular formula is C26H42N2O4. The van der Waals surface area contributed by atoms with Gasteiger partial charge in [0.25, 0.3) is 0 Å². The highest BCUT2D eigenvalue weighted by atomic mass is 16.5. The van der Waals surface area contributed by atoms with Crippen molar-refractivity contribution in [2.75, 3.05) is 13.2 Å². The molecule has 1 heterocycles. The molecule has 32 heavy (non-hydrogen) atoms. The zero-order valence-corrected chi connectivity index (χ0v) is 19.8. The van der Waals surface area contributed by atoms with Crippen molar-refractivity contribution in [2.24, 2.45) is 40.1 Å². The SMILES string of the molecule is C[C@]12CC[C@H](OCC(N)CN)C[C@H]1CC[C@@H]1[C@@H]2CC[C@]2(C)[C@](O)(c3ccoc3)CC[C@]12O. The highest BCUT2D eigenvalue weighted by Gasteiger charge is 2.72. The quantitative estimate of drug-likeness (QED) is 0.552. The number of nitrogens with two attached hydrogens (primary N) is 2. The van der Waals surface area contributed by atoms with Gasteiger partial charge in [-0.25, -0.2) is 0 Å².